The lowest BCUT2D eigenvalue weighted by atomic mass is 9.92. The number of aromatic nitrogens is 1. The maximum atomic E-state index is 14.1. The molecule has 0 saturated heterocycles. The minimum Gasteiger partial charge on any atom is -0.375 e. The molecular formula is C21H19ClF4N2O. The van der Waals surface area contributed by atoms with E-state index in [1.807, 2.05) is 7.05 Å². The molecular weight excluding hydrogens is 408 g/mol. The zero-order valence-electron chi connectivity index (χ0n) is 15.6. The van der Waals surface area contributed by atoms with Crippen LogP contribution in [-0.4, -0.2) is 34.3 Å². The molecule has 8 heteroatoms. The Kier molecular flexibility index (Phi) is 4.88. The molecule has 1 N–H and O–H groups in total. The van der Waals surface area contributed by atoms with Gasteiger partial charge in [0.2, 0.25) is 5.60 Å². The van der Waals surface area contributed by atoms with E-state index >= 15 is 0 Å². The molecule has 154 valence electrons. The summed E-state index contributed by atoms with van der Waals surface area (Å²) in [5.74, 6) is -0.667. The Morgan fingerprint density at radius 3 is 2.45 bits per heavy atom. The van der Waals surface area contributed by atoms with E-state index in [-0.39, 0.29) is 0 Å². The van der Waals surface area contributed by atoms with Crippen molar-refractivity contribution in [2.45, 2.75) is 31.3 Å². The SMILES string of the molecule is CN1CCc2c(c3cc(Cl)ccc3n2CC(O)(c2ccc(F)cc2)C(F)(F)F)C1. The van der Waals surface area contributed by atoms with Gasteiger partial charge in [-0.2, -0.15) is 13.2 Å². The molecule has 0 fully saturated rings. The van der Waals surface area contributed by atoms with E-state index < -0.39 is 29.7 Å². The fraction of sp³-hybridized carbons (Fsp3) is 0.333. The Bertz CT molecular complexity index is 1060. The third-order valence-corrected chi connectivity index (χ3v) is 5.82. The Hall–Kier alpha value is -2.09. The normalized spacial score (nSPS) is 17.3. The first kappa shape index (κ1) is 20.2. The largest absolute Gasteiger partial charge is 0.423 e. The first-order valence-corrected chi connectivity index (χ1v) is 9.51. The second kappa shape index (κ2) is 7.00. The number of rotatable bonds is 3. The molecule has 2 heterocycles. The van der Waals surface area contributed by atoms with Crippen LogP contribution in [0, 0.1) is 5.82 Å². The lowest BCUT2D eigenvalue weighted by Crippen LogP contribution is -2.46. The topological polar surface area (TPSA) is 28.4 Å². The van der Waals surface area contributed by atoms with E-state index in [1.54, 1.807) is 18.2 Å². The van der Waals surface area contributed by atoms with E-state index in [4.69, 9.17) is 11.6 Å². The number of nitrogens with zero attached hydrogens (tertiary/aromatic N) is 2. The van der Waals surface area contributed by atoms with Crippen LogP contribution in [0.5, 0.6) is 0 Å². The summed E-state index contributed by atoms with van der Waals surface area (Å²) < 4.78 is 57.0. The quantitative estimate of drug-likeness (QED) is 0.605. The van der Waals surface area contributed by atoms with E-state index in [1.165, 1.54) is 4.57 Å². The average Bonchev–Trinajstić information content (AvgIpc) is 2.93. The molecule has 1 aliphatic rings. The van der Waals surface area contributed by atoms with Crippen LogP contribution in [0.25, 0.3) is 10.9 Å². The lowest BCUT2D eigenvalue weighted by Gasteiger charge is -2.33. The van der Waals surface area contributed by atoms with Crippen molar-refractivity contribution in [3.05, 3.63) is 70.1 Å². The van der Waals surface area contributed by atoms with Gasteiger partial charge in [-0.15, -0.1) is 0 Å². The van der Waals surface area contributed by atoms with Crippen LogP contribution < -0.4 is 0 Å². The van der Waals surface area contributed by atoms with Crippen molar-refractivity contribution in [1.29, 1.82) is 0 Å². The van der Waals surface area contributed by atoms with E-state index in [0.29, 0.717) is 30.0 Å². The van der Waals surface area contributed by atoms with Gasteiger partial charge in [-0.25, -0.2) is 4.39 Å². The van der Waals surface area contributed by atoms with E-state index in [0.717, 1.165) is 40.9 Å². The number of fused-ring (bicyclic) bond motifs is 3. The molecule has 3 aromatic rings. The highest BCUT2D eigenvalue weighted by atomic mass is 35.5. The Balaban J connectivity index is 1.90. The minimum atomic E-state index is -4.95. The highest BCUT2D eigenvalue weighted by molar-refractivity contribution is 6.31. The standard InChI is InChI=1S/C21H19ClF4N2O/c1-27-9-8-19-17(11-27)16-10-14(22)4-7-18(16)28(19)12-20(29,21(24,25)26)13-2-5-15(23)6-3-13/h2-7,10,29H,8-9,11-12H2,1H3. The van der Waals surface area contributed by atoms with Gasteiger partial charge in [0.1, 0.15) is 5.82 Å². The van der Waals surface area contributed by atoms with Crippen LogP contribution in [0.15, 0.2) is 42.5 Å². The van der Waals surface area contributed by atoms with Crippen molar-refractivity contribution < 1.29 is 22.7 Å². The summed E-state index contributed by atoms with van der Waals surface area (Å²) in [4.78, 5) is 2.09. The summed E-state index contributed by atoms with van der Waals surface area (Å²) in [5.41, 5.74) is -1.31. The van der Waals surface area contributed by atoms with Crippen LogP contribution in [0.4, 0.5) is 17.6 Å². The fourth-order valence-corrected chi connectivity index (χ4v) is 4.21. The van der Waals surface area contributed by atoms with Gasteiger partial charge < -0.3 is 14.6 Å². The summed E-state index contributed by atoms with van der Waals surface area (Å²) >= 11 is 6.14. The van der Waals surface area contributed by atoms with E-state index in [2.05, 4.69) is 4.90 Å². The number of aliphatic hydroxyl groups is 1. The summed E-state index contributed by atoms with van der Waals surface area (Å²) in [6.07, 6.45) is -4.40. The van der Waals surface area contributed by atoms with Gasteiger partial charge in [0.05, 0.1) is 6.54 Å². The number of hydrogen-bond acceptors (Lipinski definition) is 2. The number of halogens is 5. The molecule has 0 aliphatic carbocycles. The van der Waals surface area contributed by atoms with Crippen molar-refractivity contribution in [3.63, 3.8) is 0 Å². The summed E-state index contributed by atoms with van der Waals surface area (Å²) in [6, 6.07) is 8.85. The van der Waals surface area contributed by atoms with Gasteiger partial charge in [0.15, 0.2) is 0 Å². The van der Waals surface area contributed by atoms with Gasteiger partial charge in [-0.05, 0) is 48.5 Å². The van der Waals surface area contributed by atoms with Gasteiger partial charge in [-0.3, -0.25) is 0 Å². The Morgan fingerprint density at radius 2 is 1.79 bits per heavy atom. The molecule has 29 heavy (non-hydrogen) atoms. The second-order valence-corrected chi connectivity index (χ2v) is 7.96. The highest BCUT2D eigenvalue weighted by Gasteiger charge is 2.55. The number of hydrogen-bond donors (Lipinski definition) is 1. The van der Waals surface area contributed by atoms with Crippen molar-refractivity contribution in [2.24, 2.45) is 0 Å². The molecule has 0 bridgehead atoms. The molecule has 0 saturated carbocycles. The number of benzene rings is 2. The van der Waals surface area contributed by atoms with Gasteiger partial charge in [0.25, 0.3) is 0 Å². The molecule has 1 unspecified atom stereocenters. The van der Waals surface area contributed by atoms with Crippen LogP contribution in [0.2, 0.25) is 5.02 Å². The summed E-state index contributed by atoms with van der Waals surface area (Å²) in [7, 11) is 1.95. The minimum absolute atomic E-state index is 0.399. The third-order valence-electron chi connectivity index (χ3n) is 5.58. The monoisotopic (exact) mass is 426 g/mol. The maximum Gasteiger partial charge on any atom is 0.423 e. The van der Waals surface area contributed by atoms with Gasteiger partial charge >= 0.3 is 6.18 Å². The average molecular weight is 427 g/mol. The van der Waals surface area contributed by atoms with Crippen LogP contribution in [0.1, 0.15) is 16.8 Å². The third kappa shape index (κ3) is 3.41. The van der Waals surface area contributed by atoms with Gasteiger partial charge in [-0.1, -0.05) is 23.7 Å². The van der Waals surface area contributed by atoms with Crippen molar-refractivity contribution in [2.75, 3.05) is 13.6 Å². The predicted molar refractivity (Wildman–Crippen MR) is 103 cm³/mol. The molecule has 0 radical (unpaired) electrons. The van der Waals surface area contributed by atoms with Crippen molar-refractivity contribution >= 4 is 22.5 Å². The first-order valence-electron chi connectivity index (χ1n) is 9.13. The smallest absolute Gasteiger partial charge is 0.375 e. The molecule has 4 rings (SSSR count). The molecule has 0 spiro atoms. The fourth-order valence-electron chi connectivity index (χ4n) is 4.04. The zero-order chi connectivity index (χ0) is 21.0. The van der Waals surface area contributed by atoms with Crippen molar-refractivity contribution in [3.8, 4) is 0 Å². The predicted octanol–water partition coefficient (Wildman–Crippen LogP) is 4.87. The molecule has 3 nitrogen and oxygen atoms in total. The number of alkyl halides is 3. The lowest BCUT2D eigenvalue weighted by molar-refractivity contribution is -0.271. The number of likely N-dealkylation sites (N-methyl/N-ethyl adjacent to an activating group) is 1. The van der Waals surface area contributed by atoms with Crippen LogP contribution in [0.3, 0.4) is 0 Å². The molecule has 0 amide bonds. The first-order chi connectivity index (χ1) is 13.6. The van der Waals surface area contributed by atoms with E-state index in [9.17, 15) is 22.7 Å². The maximum absolute atomic E-state index is 14.1. The molecule has 1 aliphatic heterocycles. The molecule has 2 aromatic carbocycles. The Morgan fingerprint density at radius 1 is 1.10 bits per heavy atom. The van der Waals surface area contributed by atoms with Crippen LogP contribution in [-0.2, 0) is 25.1 Å². The van der Waals surface area contributed by atoms with Gasteiger partial charge in [0, 0.05) is 41.1 Å². The molecule has 1 aromatic heterocycles. The van der Waals surface area contributed by atoms with Crippen molar-refractivity contribution in [1.82, 2.24) is 9.47 Å². The summed E-state index contributed by atoms with van der Waals surface area (Å²) in [6.45, 7) is 0.553. The highest BCUT2D eigenvalue weighted by Crippen LogP contribution is 2.43. The second-order valence-electron chi connectivity index (χ2n) is 7.53. The zero-order valence-corrected chi connectivity index (χ0v) is 16.4. The van der Waals surface area contributed by atoms with Crippen LogP contribution >= 0.6 is 11.6 Å². The summed E-state index contributed by atoms with van der Waals surface area (Å²) in [5, 5.41) is 12.1. The Labute approximate surface area is 170 Å². The molecule has 1 atom stereocenters.